The fourth-order valence-electron chi connectivity index (χ4n) is 1.09. The van der Waals surface area contributed by atoms with Gasteiger partial charge in [-0.15, -0.1) is 0 Å². The van der Waals surface area contributed by atoms with Gasteiger partial charge in [0.05, 0.1) is 6.61 Å². The minimum atomic E-state index is 0.260. The molecule has 0 aliphatic heterocycles. The molecule has 0 aromatic heterocycles. The highest BCUT2D eigenvalue weighted by Crippen LogP contribution is 2.19. The van der Waals surface area contributed by atoms with Gasteiger partial charge in [0.2, 0.25) is 0 Å². The molecule has 2 nitrogen and oxygen atoms in total. The maximum absolute atomic E-state index is 8.66. The second-order valence-electron chi connectivity index (χ2n) is 3.98. The molecule has 0 unspecified atom stereocenters. The lowest BCUT2D eigenvalue weighted by Gasteiger charge is -2.28. The molecule has 0 aliphatic carbocycles. The summed E-state index contributed by atoms with van der Waals surface area (Å²) in [5.74, 6) is 0. The van der Waals surface area contributed by atoms with E-state index in [4.69, 9.17) is 5.11 Å². The SMILES string of the molecule is CCC(C)(C)CN(C)CCO. The van der Waals surface area contributed by atoms with E-state index in [0.29, 0.717) is 5.41 Å². The monoisotopic (exact) mass is 159 g/mol. The second kappa shape index (κ2) is 4.73. The normalized spacial score (nSPS) is 12.5. The Kier molecular flexibility index (Phi) is 4.69. The Morgan fingerprint density at radius 1 is 1.36 bits per heavy atom. The molecule has 0 aliphatic rings. The van der Waals surface area contributed by atoms with Gasteiger partial charge in [0.25, 0.3) is 0 Å². The van der Waals surface area contributed by atoms with Gasteiger partial charge in [0, 0.05) is 13.1 Å². The Bertz CT molecular complexity index is 102. The van der Waals surface area contributed by atoms with E-state index in [-0.39, 0.29) is 6.61 Å². The van der Waals surface area contributed by atoms with Crippen molar-refractivity contribution in [3.05, 3.63) is 0 Å². The number of hydrogen-bond acceptors (Lipinski definition) is 2. The van der Waals surface area contributed by atoms with Crippen molar-refractivity contribution >= 4 is 0 Å². The van der Waals surface area contributed by atoms with Crippen LogP contribution in [0, 0.1) is 5.41 Å². The number of aliphatic hydroxyl groups excluding tert-OH is 1. The van der Waals surface area contributed by atoms with E-state index in [0.717, 1.165) is 13.1 Å². The van der Waals surface area contributed by atoms with Crippen molar-refractivity contribution < 1.29 is 5.11 Å². The van der Waals surface area contributed by atoms with E-state index in [1.165, 1.54) is 6.42 Å². The standard InChI is InChI=1S/C9H21NO/c1-5-9(2,3)8-10(4)6-7-11/h11H,5-8H2,1-4H3. The van der Waals surface area contributed by atoms with Crippen molar-refractivity contribution in [1.29, 1.82) is 0 Å². The summed E-state index contributed by atoms with van der Waals surface area (Å²) < 4.78 is 0. The Balaban J connectivity index is 3.64. The number of nitrogens with zero attached hydrogens (tertiary/aromatic N) is 1. The molecular weight excluding hydrogens is 138 g/mol. The highest BCUT2D eigenvalue weighted by atomic mass is 16.3. The molecule has 0 heterocycles. The highest BCUT2D eigenvalue weighted by molar-refractivity contribution is 4.70. The van der Waals surface area contributed by atoms with Gasteiger partial charge < -0.3 is 10.0 Å². The first-order valence-corrected chi connectivity index (χ1v) is 4.31. The first-order chi connectivity index (χ1) is 5.02. The lowest BCUT2D eigenvalue weighted by molar-refractivity contribution is 0.166. The van der Waals surface area contributed by atoms with Crippen LogP contribution in [0.4, 0.5) is 0 Å². The summed E-state index contributed by atoms with van der Waals surface area (Å²) in [6.45, 7) is 8.80. The summed E-state index contributed by atoms with van der Waals surface area (Å²) in [6, 6.07) is 0. The maximum atomic E-state index is 8.66. The Morgan fingerprint density at radius 2 is 1.91 bits per heavy atom. The van der Waals surface area contributed by atoms with E-state index in [9.17, 15) is 0 Å². The number of hydrogen-bond donors (Lipinski definition) is 1. The molecular formula is C9H21NO. The van der Waals surface area contributed by atoms with Gasteiger partial charge in [0.15, 0.2) is 0 Å². The smallest absolute Gasteiger partial charge is 0.0558 e. The first kappa shape index (κ1) is 10.9. The molecule has 0 aromatic carbocycles. The van der Waals surface area contributed by atoms with Crippen LogP contribution in [0.1, 0.15) is 27.2 Å². The van der Waals surface area contributed by atoms with Crippen LogP contribution in [0.25, 0.3) is 0 Å². The third-order valence-corrected chi connectivity index (χ3v) is 2.14. The number of likely N-dealkylation sites (N-methyl/N-ethyl adjacent to an activating group) is 1. The van der Waals surface area contributed by atoms with Crippen LogP contribution in [-0.2, 0) is 0 Å². The van der Waals surface area contributed by atoms with E-state index in [1.54, 1.807) is 0 Å². The van der Waals surface area contributed by atoms with Crippen molar-refractivity contribution in [2.75, 3.05) is 26.7 Å². The molecule has 0 spiro atoms. The molecule has 0 rings (SSSR count). The average molecular weight is 159 g/mol. The molecule has 0 atom stereocenters. The third-order valence-electron chi connectivity index (χ3n) is 2.14. The molecule has 0 saturated carbocycles. The van der Waals surface area contributed by atoms with Gasteiger partial charge in [-0.3, -0.25) is 0 Å². The lowest BCUT2D eigenvalue weighted by Crippen LogP contribution is -2.32. The van der Waals surface area contributed by atoms with Crippen molar-refractivity contribution in [2.24, 2.45) is 5.41 Å². The van der Waals surface area contributed by atoms with Gasteiger partial charge in [-0.2, -0.15) is 0 Å². The van der Waals surface area contributed by atoms with Crippen LogP contribution in [-0.4, -0.2) is 36.8 Å². The summed E-state index contributed by atoms with van der Waals surface area (Å²) in [7, 11) is 2.05. The quantitative estimate of drug-likeness (QED) is 0.654. The average Bonchev–Trinajstić information content (AvgIpc) is 1.87. The molecule has 0 fully saturated rings. The highest BCUT2D eigenvalue weighted by Gasteiger charge is 2.16. The molecule has 11 heavy (non-hydrogen) atoms. The van der Waals surface area contributed by atoms with Crippen LogP contribution < -0.4 is 0 Å². The second-order valence-corrected chi connectivity index (χ2v) is 3.98. The minimum Gasteiger partial charge on any atom is -0.395 e. The summed E-state index contributed by atoms with van der Waals surface area (Å²) in [4.78, 5) is 2.17. The van der Waals surface area contributed by atoms with Crippen LogP contribution in [0.3, 0.4) is 0 Å². The predicted octanol–water partition coefficient (Wildman–Crippen LogP) is 1.35. The van der Waals surface area contributed by atoms with Gasteiger partial charge in [0.1, 0.15) is 0 Å². The minimum absolute atomic E-state index is 0.260. The number of aliphatic hydroxyl groups is 1. The topological polar surface area (TPSA) is 23.5 Å². The summed E-state index contributed by atoms with van der Waals surface area (Å²) >= 11 is 0. The van der Waals surface area contributed by atoms with E-state index < -0.39 is 0 Å². The Morgan fingerprint density at radius 3 is 2.27 bits per heavy atom. The van der Waals surface area contributed by atoms with E-state index >= 15 is 0 Å². The van der Waals surface area contributed by atoms with Gasteiger partial charge in [-0.1, -0.05) is 20.8 Å². The summed E-state index contributed by atoms with van der Waals surface area (Å²) in [5.41, 5.74) is 0.379. The lowest BCUT2D eigenvalue weighted by atomic mass is 9.90. The van der Waals surface area contributed by atoms with Crippen LogP contribution in [0.5, 0.6) is 0 Å². The van der Waals surface area contributed by atoms with Gasteiger partial charge >= 0.3 is 0 Å². The van der Waals surface area contributed by atoms with Crippen molar-refractivity contribution in [1.82, 2.24) is 4.90 Å². The van der Waals surface area contributed by atoms with Gasteiger partial charge in [-0.05, 0) is 18.9 Å². The molecule has 0 bridgehead atoms. The van der Waals surface area contributed by atoms with E-state index in [2.05, 4.69) is 25.7 Å². The van der Waals surface area contributed by atoms with Crippen molar-refractivity contribution in [3.8, 4) is 0 Å². The summed E-state index contributed by atoms with van der Waals surface area (Å²) in [6.07, 6.45) is 1.18. The third kappa shape index (κ3) is 5.22. The van der Waals surface area contributed by atoms with Crippen molar-refractivity contribution in [2.45, 2.75) is 27.2 Å². The molecule has 0 radical (unpaired) electrons. The molecule has 1 N–H and O–H groups in total. The fourth-order valence-corrected chi connectivity index (χ4v) is 1.09. The predicted molar refractivity (Wildman–Crippen MR) is 48.7 cm³/mol. The Hall–Kier alpha value is -0.0800. The largest absolute Gasteiger partial charge is 0.395 e. The Labute approximate surface area is 70.2 Å². The van der Waals surface area contributed by atoms with E-state index in [1.807, 2.05) is 7.05 Å². The maximum Gasteiger partial charge on any atom is 0.0558 e. The van der Waals surface area contributed by atoms with Crippen LogP contribution in [0.15, 0.2) is 0 Å². The molecule has 0 saturated heterocycles. The van der Waals surface area contributed by atoms with Gasteiger partial charge in [-0.25, -0.2) is 0 Å². The molecule has 0 amide bonds. The molecule has 2 heteroatoms. The zero-order valence-corrected chi connectivity index (χ0v) is 8.22. The van der Waals surface area contributed by atoms with Crippen LogP contribution >= 0.6 is 0 Å². The van der Waals surface area contributed by atoms with Crippen LogP contribution in [0.2, 0.25) is 0 Å². The first-order valence-electron chi connectivity index (χ1n) is 4.31. The molecule has 0 aromatic rings. The fraction of sp³-hybridized carbons (Fsp3) is 1.00. The van der Waals surface area contributed by atoms with Crippen molar-refractivity contribution in [3.63, 3.8) is 0 Å². The molecule has 68 valence electrons. The summed E-state index contributed by atoms with van der Waals surface area (Å²) in [5, 5.41) is 8.66. The zero-order chi connectivity index (χ0) is 8.91. The zero-order valence-electron chi connectivity index (χ0n) is 8.22. The number of rotatable bonds is 5.